The van der Waals surface area contributed by atoms with E-state index in [-0.39, 0.29) is 5.75 Å². The minimum Gasteiger partial charge on any atom is -0.382 e. The summed E-state index contributed by atoms with van der Waals surface area (Å²) in [5, 5.41) is 0. The Labute approximate surface area is 187 Å². The zero-order valence-electron chi connectivity index (χ0n) is 20.1. The van der Waals surface area contributed by atoms with Crippen molar-refractivity contribution in [1.29, 1.82) is 0 Å². The van der Waals surface area contributed by atoms with Gasteiger partial charge in [0, 0.05) is 7.11 Å². The summed E-state index contributed by atoms with van der Waals surface area (Å²) in [5.41, 5.74) is 0. The molecule has 0 saturated heterocycles. The third-order valence-corrected chi connectivity index (χ3v) is 6.70. The van der Waals surface area contributed by atoms with Gasteiger partial charge in [0.25, 0.3) is 10.1 Å². The first-order chi connectivity index (χ1) is 14.4. The summed E-state index contributed by atoms with van der Waals surface area (Å²) >= 11 is 0. The fourth-order valence-corrected chi connectivity index (χ4v) is 4.58. The Hall–Kier alpha value is -0.210. The highest BCUT2D eigenvalue weighted by atomic mass is 32.2. The smallest absolute Gasteiger partial charge is 0.264 e. The molecule has 0 saturated carbocycles. The molecule has 0 unspecified atom stereocenters. The van der Waals surface area contributed by atoms with Crippen molar-refractivity contribution < 1.29 is 26.9 Å². The van der Waals surface area contributed by atoms with Crippen LogP contribution in [0.4, 0.5) is 0 Å². The highest BCUT2D eigenvalue weighted by molar-refractivity contribution is 7.85. The average Bonchev–Trinajstić information content (AvgIpc) is 2.70. The van der Waals surface area contributed by atoms with Crippen molar-refractivity contribution in [2.75, 3.05) is 58.9 Å². The molecule has 0 spiro atoms. The molecule has 0 aliphatic heterocycles. The molecule has 30 heavy (non-hydrogen) atoms. The van der Waals surface area contributed by atoms with Crippen molar-refractivity contribution in [2.45, 2.75) is 90.9 Å². The normalized spacial score (nSPS) is 12.5. The van der Waals surface area contributed by atoms with Gasteiger partial charge in [-0.3, -0.25) is 4.55 Å². The Morgan fingerprint density at radius 2 is 1.17 bits per heavy atom. The molecule has 7 heteroatoms. The van der Waals surface area contributed by atoms with Crippen LogP contribution in [0.2, 0.25) is 0 Å². The molecule has 1 N–H and O–H groups in total. The van der Waals surface area contributed by atoms with Gasteiger partial charge in [-0.05, 0) is 38.5 Å². The standard InChI is InChI=1S/C23H49NO5S/c1-4-6-8-10-12-16-24(17-13-11-9-7-5-2,19-20-29-22-21-28-3)18-14-15-23-30(25,26)27/h4-23H2,1-3H3/p+1. The summed E-state index contributed by atoms with van der Waals surface area (Å²) in [5.74, 6) is -0.135. The molecule has 0 atom stereocenters. The first-order valence-electron chi connectivity index (χ1n) is 12.3. The molecular weight excluding hydrogens is 402 g/mol. The molecule has 0 aromatic heterocycles. The molecule has 0 amide bonds. The molecule has 6 nitrogen and oxygen atoms in total. The van der Waals surface area contributed by atoms with Gasteiger partial charge in [0.05, 0.1) is 45.2 Å². The van der Waals surface area contributed by atoms with Crippen LogP contribution in [0.3, 0.4) is 0 Å². The minimum absolute atomic E-state index is 0.135. The molecule has 182 valence electrons. The van der Waals surface area contributed by atoms with E-state index in [1.54, 1.807) is 7.11 Å². The zero-order chi connectivity index (χ0) is 22.6. The predicted molar refractivity (Wildman–Crippen MR) is 126 cm³/mol. The van der Waals surface area contributed by atoms with Crippen LogP contribution in [0, 0.1) is 0 Å². The number of rotatable bonds is 23. The van der Waals surface area contributed by atoms with E-state index in [9.17, 15) is 8.42 Å². The Balaban J connectivity index is 4.85. The largest absolute Gasteiger partial charge is 0.382 e. The Kier molecular flexibility index (Phi) is 19.3. The first-order valence-corrected chi connectivity index (χ1v) is 13.9. The molecule has 0 rings (SSSR count). The lowest BCUT2D eigenvalue weighted by Crippen LogP contribution is -2.52. The van der Waals surface area contributed by atoms with Crippen LogP contribution in [0.15, 0.2) is 0 Å². The van der Waals surface area contributed by atoms with Gasteiger partial charge in [-0.25, -0.2) is 0 Å². The maximum Gasteiger partial charge on any atom is 0.264 e. The maximum atomic E-state index is 11.1. The van der Waals surface area contributed by atoms with Crippen molar-refractivity contribution in [3.8, 4) is 0 Å². The summed E-state index contributed by atoms with van der Waals surface area (Å²) in [6.45, 7) is 10.6. The molecule has 0 aromatic rings. The van der Waals surface area contributed by atoms with Crippen LogP contribution in [-0.2, 0) is 19.6 Å². The van der Waals surface area contributed by atoms with Gasteiger partial charge in [-0.15, -0.1) is 0 Å². The second-order valence-electron chi connectivity index (χ2n) is 8.66. The van der Waals surface area contributed by atoms with Crippen molar-refractivity contribution in [3.05, 3.63) is 0 Å². The third-order valence-electron chi connectivity index (χ3n) is 5.90. The van der Waals surface area contributed by atoms with Crippen molar-refractivity contribution in [2.24, 2.45) is 0 Å². The number of ether oxygens (including phenoxy) is 2. The van der Waals surface area contributed by atoms with E-state index in [1.807, 2.05) is 0 Å². The number of quaternary nitrogens is 1. The summed E-state index contributed by atoms with van der Waals surface area (Å²) in [7, 11) is -2.18. The van der Waals surface area contributed by atoms with Crippen LogP contribution >= 0.6 is 0 Å². The lowest BCUT2D eigenvalue weighted by molar-refractivity contribution is -0.929. The number of nitrogens with zero attached hydrogens (tertiary/aromatic N) is 1. The minimum atomic E-state index is -3.87. The first kappa shape index (κ1) is 29.8. The Morgan fingerprint density at radius 3 is 1.63 bits per heavy atom. The van der Waals surface area contributed by atoms with Gasteiger partial charge < -0.3 is 14.0 Å². The summed E-state index contributed by atoms with van der Waals surface area (Å²) in [6.07, 6.45) is 14.0. The predicted octanol–water partition coefficient (Wildman–Crippen LogP) is 5.08. The molecule has 0 aliphatic carbocycles. The lowest BCUT2D eigenvalue weighted by atomic mass is 10.1. The highest BCUT2D eigenvalue weighted by Gasteiger charge is 2.26. The van der Waals surface area contributed by atoms with Gasteiger partial charge in [-0.2, -0.15) is 8.42 Å². The Morgan fingerprint density at radius 1 is 0.667 bits per heavy atom. The topological polar surface area (TPSA) is 72.8 Å². The fourth-order valence-electron chi connectivity index (χ4n) is 4.01. The fraction of sp³-hybridized carbons (Fsp3) is 1.00. The molecule has 0 aromatic carbocycles. The van der Waals surface area contributed by atoms with E-state index in [4.69, 9.17) is 14.0 Å². The van der Waals surface area contributed by atoms with Gasteiger partial charge in [0.1, 0.15) is 6.54 Å². The number of hydrogen-bond donors (Lipinski definition) is 1. The molecule has 0 bridgehead atoms. The van der Waals surface area contributed by atoms with Crippen LogP contribution in [0.5, 0.6) is 0 Å². The quantitative estimate of drug-likeness (QED) is 0.133. The number of unbranched alkanes of at least 4 members (excludes halogenated alkanes) is 9. The third kappa shape index (κ3) is 18.6. The van der Waals surface area contributed by atoms with E-state index in [2.05, 4.69) is 13.8 Å². The molecule has 0 radical (unpaired) electrons. The average molecular weight is 453 g/mol. The summed E-state index contributed by atoms with van der Waals surface area (Å²) in [4.78, 5) is 0. The SMILES string of the molecule is CCCCCCC[N+](CCCCCCC)(CCCCS(=O)(=O)O)CCOCCOC. The molecular formula is C23H50NO5S+. The zero-order valence-corrected chi connectivity index (χ0v) is 20.9. The van der Waals surface area contributed by atoms with Gasteiger partial charge in [0.2, 0.25) is 0 Å². The highest BCUT2D eigenvalue weighted by Crippen LogP contribution is 2.17. The van der Waals surface area contributed by atoms with Crippen molar-refractivity contribution in [3.63, 3.8) is 0 Å². The van der Waals surface area contributed by atoms with Crippen LogP contribution in [0.25, 0.3) is 0 Å². The summed E-state index contributed by atoms with van der Waals surface area (Å²) in [6, 6.07) is 0. The number of methoxy groups -OCH3 is 1. The van der Waals surface area contributed by atoms with Gasteiger partial charge in [-0.1, -0.05) is 52.4 Å². The Bertz CT molecular complexity index is 434. The van der Waals surface area contributed by atoms with E-state index in [0.717, 1.165) is 37.1 Å². The number of hydrogen-bond acceptors (Lipinski definition) is 4. The van der Waals surface area contributed by atoms with Crippen molar-refractivity contribution in [1.82, 2.24) is 0 Å². The van der Waals surface area contributed by atoms with E-state index in [0.29, 0.717) is 26.2 Å². The summed E-state index contributed by atoms with van der Waals surface area (Å²) < 4.78 is 43.1. The van der Waals surface area contributed by atoms with Gasteiger partial charge in [0.15, 0.2) is 0 Å². The van der Waals surface area contributed by atoms with Crippen LogP contribution < -0.4 is 0 Å². The monoisotopic (exact) mass is 452 g/mol. The maximum absolute atomic E-state index is 11.1. The molecule has 0 fully saturated rings. The van der Waals surface area contributed by atoms with Crippen LogP contribution in [0.1, 0.15) is 90.9 Å². The lowest BCUT2D eigenvalue weighted by Gasteiger charge is -2.39. The van der Waals surface area contributed by atoms with E-state index in [1.165, 1.54) is 64.2 Å². The second kappa shape index (κ2) is 19.5. The van der Waals surface area contributed by atoms with Crippen molar-refractivity contribution >= 4 is 10.1 Å². The van der Waals surface area contributed by atoms with E-state index >= 15 is 0 Å². The van der Waals surface area contributed by atoms with Gasteiger partial charge >= 0.3 is 0 Å². The molecule has 0 aliphatic rings. The van der Waals surface area contributed by atoms with E-state index < -0.39 is 10.1 Å². The molecule has 0 heterocycles. The van der Waals surface area contributed by atoms with Crippen LogP contribution in [-0.4, -0.2) is 76.3 Å². The second-order valence-corrected chi connectivity index (χ2v) is 10.2.